The topological polar surface area (TPSA) is 60.9 Å². The van der Waals surface area contributed by atoms with Crippen molar-refractivity contribution in [3.05, 3.63) is 59.8 Å². The first kappa shape index (κ1) is 19.2. The van der Waals surface area contributed by atoms with Crippen molar-refractivity contribution >= 4 is 22.5 Å². The Morgan fingerprint density at radius 2 is 1.93 bits per heavy atom. The lowest BCUT2D eigenvalue weighted by Crippen LogP contribution is -2.48. The van der Waals surface area contributed by atoms with E-state index in [-0.39, 0.29) is 18.6 Å². The molecule has 3 aromatic rings. The van der Waals surface area contributed by atoms with E-state index in [1.54, 1.807) is 18.2 Å². The number of morpholine rings is 1. The largest absolute Gasteiger partial charge is 0.496 e. The van der Waals surface area contributed by atoms with Crippen LogP contribution < -0.4 is 14.4 Å². The van der Waals surface area contributed by atoms with Crippen molar-refractivity contribution in [2.45, 2.75) is 20.0 Å². The molecule has 1 aliphatic rings. The maximum absolute atomic E-state index is 12.5. The van der Waals surface area contributed by atoms with E-state index in [1.165, 1.54) is 0 Å². The molecule has 1 unspecified atom stereocenters. The zero-order valence-corrected chi connectivity index (χ0v) is 16.8. The predicted molar refractivity (Wildman–Crippen MR) is 112 cm³/mol. The van der Waals surface area contributed by atoms with E-state index in [2.05, 4.69) is 4.98 Å². The second kappa shape index (κ2) is 8.09. The van der Waals surface area contributed by atoms with E-state index >= 15 is 0 Å². The Kier molecular flexibility index (Phi) is 5.36. The van der Waals surface area contributed by atoms with Crippen LogP contribution in [0.1, 0.15) is 11.1 Å². The molecule has 6 heteroatoms. The molecule has 0 N–H and O–H groups in total. The third kappa shape index (κ3) is 3.89. The van der Waals surface area contributed by atoms with Gasteiger partial charge in [-0.3, -0.25) is 9.78 Å². The lowest BCUT2D eigenvalue weighted by molar-refractivity contribution is -0.130. The average molecular weight is 392 g/mol. The fourth-order valence-electron chi connectivity index (χ4n) is 3.76. The first-order valence-electron chi connectivity index (χ1n) is 9.60. The fraction of sp³-hybridized carbons (Fsp3) is 0.304. The first-order chi connectivity index (χ1) is 14.1. The number of carbonyl (C=O) groups excluding carboxylic acids is 1. The number of benzene rings is 2. The number of para-hydroxylation sites is 1. The van der Waals surface area contributed by atoms with Crippen LogP contribution in [0.25, 0.3) is 10.9 Å². The van der Waals surface area contributed by atoms with Crippen LogP contribution in [0.3, 0.4) is 0 Å². The molecule has 29 heavy (non-hydrogen) atoms. The predicted octanol–water partition coefficient (Wildman–Crippen LogP) is 3.67. The number of carbonyl (C=O) groups is 1. The van der Waals surface area contributed by atoms with Gasteiger partial charge in [0.1, 0.15) is 36.3 Å². The van der Waals surface area contributed by atoms with Crippen molar-refractivity contribution in [3.63, 3.8) is 0 Å². The van der Waals surface area contributed by atoms with Gasteiger partial charge >= 0.3 is 0 Å². The van der Waals surface area contributed by atoms with Gasteiger partial charge < -0.3 is 19.1 Å². The molecule has 2 heterocycles. The molecule has 6 nitrogen and oxygen atoms in total. The number of hydrogen-bond acceptors (Lipinski definition) is 5. The van der Waals surface area contributed by atoms with Gasteiger partial charge in [0.15, 0.2) is 0 Å². The molecule has 1 saturated heterocycles. The van der Waals surface area contributed by atoms with Gasteiger partial charge in [0, 0.05) is 17.3 Å². The number of methoxy groups -OCH3 is 1. The molecule has 2 aromatic carbocycles. The van der Waals surface area contributed by atoms with Gasteiger partial charge in [-0.15, -0.1) is 0 Å². The third-order valence-electron chi connectivity index (χ3n) is 5.11. The summed E-state index contributed by atoms with van der Waals surface area (Å²) in [6.45, 7) is 4.77. The molecule has 0 aliphatic carbocycles. The van der Waals surface area contributed by atoms with Crippen molar-refractivity contribution in [2.75, 3.05) is 31.8 Å². The standard InChI is InChI=1S/C23H24N2O4/c1-15-10-18(11-16(2)23(15)27-3)25-12-19(28-14-21(25)26)13-29-20-8-4-6-17-7-5-9-24-22(17)20/h4-11,19H,12-14H2,1-3H3. The number of ether oxygens (including phenoxy) is 3. The van der Waals surface area contributed by atoms with Crippen LogP contribution in [-0.4, -0.2) is 43.9 Å². The molecule has 150 valence electrons. The van der Waals surface area contributed by atoms with E-state index in [4.69, 9.17) is 14.2 Å². The monoisotopic (exact) mass is 392 g/mol. The van der Waals surface area contributed by atoms with Crippen LogP contribution in [0.2, 0.25) is 0 Å². The van der Waals surface area contributed by atoms with E-state index in [1.807, 2.05) is 56.3 Å². The zero-order valence-electron chi connectivity index (χ0n) is 16.8. The Bertz CT molecular complexity index is 1020. The second-order valence-electron chi connectivity index (χ2n) is 7.19. The van der Waals surface area contributed by atoms with E-state index in [0.29, 0.717) is 18.9 Å². The van der Waals surface area contributed by atoms with Crippen molar-refractivity contribution in [1.29, 1.82) is 0 Å². The molecule has 1 atom stereocenters. The summed E-state index contributed by atoms with van der Waals surface area (Å²) in [5.41, 5.74) is 3.67. The highest BCUT2D eigenvalue weighted by molar-refractivity contribution is 5.95. The summed E-state index contributed by atoms with van der Waals surface area (Å²) in [6, 6.07) is 13.7. The third-order valence-corrected chi connectivity index (χ3v) is 5.11. The number of pyridine rings is 1. The lowest BCUT2D eigenvalue weighted by Gasteiger charge is -2.33. The Labute approximate surface area is 170 Å². The smallest absolute Gasteiger partial charge is 0.253 e. The van der Waals surface area contributed by atoms with Crippen LogP contribution in [0.4, 0.5) is 5.69 Å². The maximum atomic E-state index is 12.5. The molecule has 1 aliphatic heterocycles. The van der Waals surface area contributed by atoms with Crippen molar-refractivity contribution in [3.8, 4) is 11.5 Å². The van der Waals surface area contributed by atoms with Gasteiger partial charge in [-0.25, -0.2) is 0 Å². The summed E-state index contributed by atoms with van der Waals surface area (Å²) < 4.78 is 17.2. The SMILES string of the molecule is COc1c(C)cc(N2CC(COc3cccc4cccnc34)OCC2=O)cc1C. The summed E-state index contributed by atoms with van der Waals surface area (Å²) in [5, 5.41) is 1.02. The van der Waals surface area contributed by atoms with Gasteiger partial charge in [-0.2, -0.15) is 0 Å². The maximum Gasteiger partial charge on any atom is 0.253 e. The second-order valence-corrected chi connectivity index (χ2v) is 7.19. The number of amides is 1. The van der Waals surface area contributed by atoms with E-state index in [9.17, 15) is 4.79 Å². The number of hydrogen-bond donors (Lipinski definition) is 0. The molecule has 0 saturated carbocycles. The number of aromatic nitrogens is 1. The van der Waals surface area contributed by atoms with Crippen LogP contribution >= 0.6 is 0 Å². The van der Waals surface area contributed by atoms with Crippen molar-refractivity contribution < 1.29 is 19.0 Å². The summed E-state index contributed by atoms with van der Waals surface area (Å²) in [6.07, 6.45) is 1.52. The minimum Gasteiger partial charge on any atom is -0.496 e. The van der Waals surface area contributed by atoms with Gasteiger partial charge in [0.2, 0.25) is 0 Å². The zero-order chi connectivity index (χ0) is 20.4. The molecule has 0 spiro atoms. The molecule has 1 aromatic heterocycles. The molecule has 0 bridgehead atoms. The Morgan fingerprint density at radius 1 is 1.17 bits per heavy atom. The minimum atomic E-state index is -0.227. The summed E-state index contributed by atoms with van der Waals surface area (Å²) in [4.78, 5) is 18.7. The Hall–Kier alpha value is -3.12. The molecule has 0 radical (unpaired) electrons. The van der Waals surface area contributed by atoms with Gasteiger partial charge in [-0.1, -0.05) is 18.2 Å². The number of fused-ring (bicyclic) bond motifs is 1. The van der Waals surface area contributed by atoms with Gasteiger partial charge in [0.25, 0.3) is 5.91 Å². The van der Waals surface area contributed by atoms with Crippen LogP contribution in [0.15, 0.2) is 48.7 Å². The highest BCUT2D eigenvalue weighted by Gasteiger charge is 2.28. The van der Waals surface area contributed by atoms with Gasteiger partial charge in [0.05, 0.1) is 13.7 Å². The van der Waals surface area contributed by atoms with Crippen molar-refractivity contribution in [2.24, 2.45) is 0 Å². The van der Waals surface area contributed by atoms with Crippen LogP contribution in [-0.2, 0) is 9.53 Å². The average Bonchev–Trinajstić information content (AvgIpc) is 2.73. The van der Waals surface area contributed by atoms with E-state index < -0.39 is 0 Å². The summed E-state index contributed by atoms with van der Waals surface area (Å²) >= 11 is 0. The quantitative estimate of drug-likeness (QED) is 0.663. The minimum absolute atomic E-state index is 0.0337. The number of nitrogens with zero attached hydrogens (tertiary/aromatic N) is 2. The first-order valence-corrected chi connectivity index (χ1v) is 9.60. The number of aryl methyl sites for hydroxylation is 2. The molecule has 4 rings (SSSR count). The van der Waals surface area contributed by atoms with Gasteiger partial charge in [-0.05, 0) is 49.2 Å². The molecular formula is C23H24N2O4. The normalized spacial score (nSPS) is 16.9. The fourth-order valence-corrected chi connectivity index (χ4v) is 3.76. The Morgan fingerprint density at radius 3 is 2.69 bits per heavy atom. The highest BCUT2D eigenvalue weighted by Crippen LogP contribution is 2.30. The van der Waals surface area contributed by atoms with Crippen LogP contribution in [0, 0.1) is 13.8 Å². The molecule has 1 fully saturated rings. The Balaban J connectivity index is 1.50. The highest BCUT2D eigenvalue weighted by atomic mass is 16.5. The summed E-state index contributed by atoms with van der Waals surface area (Å²) in [7, 11) is 1.66. The van der Waals surface area contributed by atoms with Crippen LogP contribution in [0.5, 0.6) is 11.5 Å². The van der Waals surface area contributed by atoms with Crippen molar-refractivity contribution in [1.82, 2.24) is 4.98 Å². The number of rotatable bonds is 5. The van der Waals surface area contributed by atoms with E-state index in [0.717, 1.165) is 33.5 Å². The lowest BCUT2D eigenvalue weighted by atomic mass is 10.1. The summed E-state index contributed by atoms with van der Waals surface area (Å²) in [5.74, 6) is 1.50. The molecular weight excluding hydrogens is 368 g/mol. The number of anilines is 1. The molecule has 1 amide bonds.